The van der Waals surface area contributed by atoms with E-state index in [-0.39, 0.29) is 29.7 Å². The zero-order valence-corrected chi connectivity index (χ0v) is 15.3. The lowest BCUT2D eigenvalue weighted by atomic mass is 10.1. The highest BCUT2D eigenvalue weighted by Crippen LogP contribution is 2.21. The Hall–Kier alpha value is -2.82. The molecule has 0 saturated carbocycles. The number of amides is 2. The Morgan fingerprint density at radius 1 is 1.26 bits per heavy atom. The summed E-state index contributed by atoms with van der Waals surface area (Å²) in [6.07, 6.45) is 0.447. The van der Waals surface area contributed by atoms with Gasteiger partial charge >= 0.3 is 5.91 Å². The van der Waals surface area contributed by atoms with Gasteiger partial charge in [-0.05, 0) is 43.5 Å². The van der Waals surface area contributed by atoms with Gasteiger partial charge in [-0.2, -0.15) is 0 Å². The van der Waals surface area contributed by atoms with E-state index < -0.39 is 27.5 Å². The number of carbonyl (C=O) groups excluding carboxylic acids is 2. The summed E-state index contributed by atoms with van der Waals surface area (Å²) in [5.41, 5.74) is 4.98. The fourth-order valence-electron chi connectivity index (χ4n) is 2.84. The fourth-order valence-corrected chi connectivity index (χ4v) is 4.70. The van der Waals surface area contributed by atoms with Crippen LogP contribution in [0.25, 0.3) is 5.69 Å². The molecular weight excluding hydrogens is 377 g/mol. The van der Waals surface area contributed by atoms with Gasteiger partial charge in [-0.15, -0.1) is 5.10 Å². The summed E-state index contributed by atoms with van der Waals surface area (Å²) in [6, 6.07) is 5.52. The number of aryl methyl sites for hydroxylation is 1. The number of rotatable bonds is 4. The molecule has 0 bridgehead atoms. The van der Waals surface area contributed by atoms with Crippen molar-refractivity contribution in [2.24, 2.45) is 5.92 Å². The van der Waals surface area contributed by atoms with Crippen molar-refractivity contribution in [2.45, 2.75) is 19.8 Å². The lowest BCUT2D eigenvalue weighted by Gasteiger charge is -2.08. The van der Waals surface area contributed by atoms with Crippen LogP contribution in [-0.2, 0) is 14.6 Å². The maximum Gasteiger partial charge on any atom is 0.309 e. The van der Waals surface area contributed by atoms with Crippen molar-refractivity contribution in [2.75, 3.05) is 11.5 Å². The monoisotopic (exact) mass is 395 g/mol. The third-order valence-electron chi connectivity index (χ3n) is 4.16. The molecule has 2 heterocycles. The molecule has 1 aliphatic heterocycles. The van der Waals surface area contributed by atoms with Gasteiger partial charge in [0.2, 0.25) is 11.7 Å². The van der Waals surface area contributed by atoms with Crippen LogP contribution >= 0.6 is 0 Å². The molecule has 1 aliphatic rings. The molecule has 1 unspecified atom stereocenters. The van der Waals surface area contributed by atoms with Crippen molar-refractivity contribution >= 4 is 21.7 Å². The minimum atomic E-state index is -3.06. The summed E-state index contributed by atoms with van der Waals surface area (Å²) in [5, 5.41) is 4.05. The van der Waals surface area contributed by atoms with Crippen molar-refractivity contribution < 1.29 is 22.4 Å². The van der Waals surface area contributed by atoms with Crippen LogP contribution in [0.3, 0.4) is 0 Å². The molecular formula is C16H18FN5O4S. The Labute approximate surface area is 154 Å². The first-order valence-corrected chi connectivity index (χ1v) is 10.0. The van der Waals surface area contributed by atoms with Gasteiger partial charge in [-0.3, -0.25) is 20.4 Å². The first-order chi connectivity index (χ1) is 12.7. The second-order valence-corrected chi connectivity index (χ2v) is 8.58. The summed E-state index contributed by atoms with van der Waals surface area (Å²) in [7, 11) is -3.06. The Morgan fingerprint density at radius 2 is 1.96 bits per heavy atom. The Bertz CT molecular complexity index is 971. The molecule has 2 N–H and O–H groups in total. The molecule has 144 valence electrons. The number of nitrogens with one attached hydrogen (secondary N) is 2. The number of sulfone groups is 1. The van der Waals surface area contributed by atoms with E-state index >= 15 is 0 Å². The molecule has 0 radical (unpaired) electrons. The van der Waals surface area contributed by atoms with E-state index in [1.807, 2.05) is 0 Å². The maximum atomic E-state index is 13.0. The highest BCUT2D eigenvalue weighted by atomic mass is 32.2. The summed E-state index contributed by atoms with van der Waals surface area (Å²) in [5.74, 6) is -1.53. The average Bonchev–Trinajstić information content (AvgIpc) is 3.15. The third kappa shape index (κ3) is 4.67. The molecule has 1 atom stereocenters. The Morgan fingerprint density at radius 3 is 2.59 bits per heavy atom. The summed E-state index contributed by atoms with van der Waals surface area (Å²) in [6.45, 7) is 1.63. The van der Waals surface area contributed by atoms with Crippen LogP contribution in [0.1, 0.15) is 29.3 Å². The Kier molecular flexibility index (Phi) is 5.22. The number of nitrogens with zero attached hydrogens (tertiary/aromatic N) is 3. The standard InChI is InChI=1S/C16H18FN5O4S/c1-10-18-15(21-22(10)13-4-2-12(17)3-5-13)16(24)20-19-14(23)8-11-6-7-27(25,26)9-11/h2-5,11H,6-9H2,1H3,(H,19,23)(H,20,24). The van der Waals surface area contributed by atoms with Crippen LogP contribution in [-0.4, -0.2) is 46.5 Å². The normalized spacial score (nSPS) is 18.2. The highest BCUT2D eigenvalue weighted by molar-refractivity contribution is 7.91. The molecule has 1 saturated heterocycles. The number of benzene rings is 1. The van der Waals surface area contributed by atoms with Gasteiger partial charge in [0.25, 0.3) is 0 Å². The highest BCUT2D eigenvalue weighted by Gasteiger charge is 2.29. The van der Waals surface area contributed by atoms with Crippen LogP contribution in [0.4, 0.5) is 4.39 Å². The summed E-state index contributed by atoms with van der Waals surface area (Å²) >= 11 is 0. The second-order valence-electron chi connectivity index (χ2n) is 6.35. The molecule has 27 heavy (non-hydrogen) atoms. The van der Waals surface area contributed by atoms with Crippen LogP contribution < -0.4 is 10.9 Å². The quantitative estimate of drug-likeness (QED) is 0.718. The van der Waals surface area contributed by atoms with Crippen molar-refractivity contribution in [3.8, 4) is 5.69 Å². The van der Waals surface area contributed by atoms with Crippen molar-refractivity contribution in [3.05, 3.63) is 41.7 Å². The van der Waals surface area contributed by atoms with Gasteiger partial charge in [-0.25, -0.2) is 22.5 Å². The van der Waals surface area contributed by atoms with E-state index in [1.54, 1.807) is 6.92 Å². The van der Waals surface area contributed by atoms with Crippen molar-refractivity contribution in [1.82, 2.24) is 25.6 Å². The van der Waals surface area contributed by atoms with Crippen molar-refractivity contribution in [1.29, 1.82) is 0 Å². The van der Waals surface area contributed by atoms with E-state index in [0.29, 0.717) is 17.9 Å². The predicted molar refractivity (Wildman–Crippen MR) is 93.0 cm³/mol. The van der Waals surface area contributed by atoms with Crippen LogP contribution in [0.2, 0.25) is 0 Å². The zero-order chi connectivity index (χ0) is 19.6. The van der Waals surface area contributed by atoms with Gasteiger partial charge in [0, 0.05) is 6.42 Å². The molecule has 3 rings (SSSR count). The van der Waals surface area contributed by atoms with E-state index in [0.717, 1.165) is 0 Å². The van der Waals surface area contributed by atoms with Crippen LogP contribution in [0.15, 0.2) is 24.3 Å². The molecule has 1 fully saturated rings. The molecule has 2 aromatic rings. The molecule has 1 aromatic carbocycles. The number of halogens is 1. The van der Waals surface area contributed by atoms with Gasteiger partial charge < -0.3 is 0 Å². The van der Waals surface area contributed by atoms with E-state index in [1.165, 1.54) is 28.9 Å². The maximum absolute atomic E-state index is 13.0. The van der Waals surface area contributed by atoms with Crippen LogP contribution in [0, 0.1) is 18.7 Å². The van der Waals surface area contributed by atoms with E-state index in [2.05, 4.69) is 20.9 Å². The molecule has 0 aliphatic carbocycles. The number of aromatic nitrogens is 3. The first kappa shape index (κ1) is 19.0. The third-order valence-corrected chi connectivity index (χ3v) is 6.00. The average molecular weight is 395 g/mol. The van der Waals surface area contributed by atoms with E-state index in [9.17, 15) is 22.4 Å². The van der Waals surface area contributed by atoms with Crippen molar-refractivity contribution in [3.63, 3.8) is 0 Å². The molecule has 11 heteroatoms. The van der Waals surface area contributed by atoms with Gasteiger partial charge in [0.05, 0.1) is 17.2 Å². The van der Waals surface area contributed by atoms with Gasteiger partial charge in [0.15, 0.2) is 9.84 Å². The first-order valence-electron chi connectivity index (χ1n) is 8.23. The topological polar surface area (TPSA) is 123 Å². The second kappa shape index (κ2) is 7.43. The minimum absolute atomic E-state index is 0.00991. The van der Waals surface area contributed by atoms with Gasteiger partial charge in [0.1, 0.15) is 11.6 Å². The number of hydrazine groups is 1. The van der Waals surface area contributed by atoms with Crippen LogP contribution in [0.5, 0.6) is 0 Å². The molecule has 1 aromatic heterocycles. The largest absolute Gasteiger partial charge is 0.309 e. The number of hydrogen-bond donors (Lipinski definition) is 2. The molecule has 9 nitrogen and oxygen atoms in total. The number of hydrogen-bond acceptors (Lipinski definition) is 6. The zero-order valence-electron chi connectivity index (χ0n) is 14.5. The molecule has 0 spiro atoms. The summed E-state index contributed by atoms with van der Waals surface area (Å²) in [4.78, 5) is 28.0. The fraction of sp³-hybridized carbons (Fsp3) is 0.375. The Balaban J connectivity index is 1.58. The van der Waals surface area contributed by atoms with Gasteiger partial charge in [-0.1, -0.05) is 0 Å². The lowest BCUT2D eigenvalue weighted by molar-refractivity contribution is -0.122. The minimum Gasteiger partial charge on any atom is -0.273 e. The van der Waals surface area contributed by atoms with E-state index in [4.69, 9.17) is 0 Å². The number of carbonyl (C=O) groups is 2. The smallest absolute Gasteiger partial charge is 0.273 e. The predicted octanol–water partition coefficient (Wildman–Crippen LogP) is 0.301. The SMILES string of the molecule is Cc1nc(C(=O)NNC(=O)CC2CCS(=O)(=O)C2)nn1-c1ccc(F)cc1. The summed E-state index contributed by atoms with van der Waals surface area (Å²) < 4.78 is 37.2. The lowest BCUT2D eigenvalue weighted by Crippen LogP contribution is -2.42. The molecule has 2 amide bonds.